The summed E-state index contributed by atoms with van der Waals surface area (Å²) in [6.07, 6.45) is 4.22. The zero-order valence-electron chi connectivity index (χ0n) is 16.8. The minimum atomic E-state index is -0.0237. The highest BCUT2D eigenvalue weighted by molar-refractivity contribution is 7.99. The van der Waals surface area contributed by atoms with Crippen molar-refractivity contribution in [1.82, 2.24) is 14.5 Å². The monoisotopic (exact) mass is 411 g/mol. The summed E-state index contributed by atoms with van der Waals surface area (Å²) in [7, 11) is 1.76. The van der Waals surface area contributed by atoms with Crippen LogP contribution >= 0.6 is 11.8 Å². The first-order valence-corrected chi connectivity index (χ1v) is 10.9. The lowest BCUT2D eigenvalue weighted by Crippen LogP contribution is -2.29. The van der Waals surface area contributed by atoms with Crippen molar-refractivity contribution >= 4 is 28.6 Å². The maximum absolute atomic E-state index is 13.2. The Balaban J connectivity index is 1.55. The molecule has 29 heavy (non-hydrogen) atoms. The molecule has 2 aromatic heterocycles. The fourth-order valence-corrected chi connectivity index (χ4v) is 4.85. The van der Waals surface area contributed by atoms with Gasteiger partial charge in [-0.15, -0.1) is 0 Å². The van der Waals surface area contributed by atoms with E-state index in [4.69, 9.17) is 9.40 Å². The van der Waals surface area contributed by atoms with Gasteiger partial charge in [-0.1, -0.05) is 36.7 Å². The number of para-hydroxylation sites is 1. The zero-order valence-corrected chi connectivity index (χ0v) is 17.6. The molecular weight excluding hydrogens is 386 g/mol. The van der Waals surface area contributed by atoms with E-state index in [1.165, 1.54) is 11.8 Å². The summed E-state index contributed by atoms with van der Waals surface area (Å²) >= 11 is 1.35. The van der Waals surface area contributed by atoms with E-state index < -0.39 is 0 Å². The average Bonchev–Trinajstić information content (AvgIpc) is 3.38. The molecule has 4 rings (SSSR count). The summed E-state index contributed by atoms with van der Waals surface area (Å²) in [4.78, 5) is 32.2. The highest BCUT2D eigenvalue weighted by Crippen LogP contribution is 2.32. The van der Waals surface area contributed by atoms with Crippen LogP contribution in [-0.4, -0.2) is 33.2 Å². The largest absolute Gasteiger partial charge is 0.464 e. The van der Waals surface area contributed by atoms with Gasteiger partial charge in [-0.05, 0) is 44.0 Å². The second-order valence-electron chi connectivity index (χ2n) is 7.58. The Morgan fingerprint density at radius 1 is 1.24 bits per heavy atom. The van der Waals surface area contributed by atoms with Gasteiger partial charge in [0.15, 0.2) is 5.16 Å². The fraction of sp³-hybridized carbons (Fsp3) is 0.409. The Morgan fingerprint density at radius 2 is 2.00 bits per heavy atom. The molecule has 1 amide bonds. The van der Waals surface area contributed by atoms with E-state index in [2.05, 4.69) is 0 Å². The lowest BCUT2D eigenvalue weighted by atomic mass is 10.2. The quantitative estimate of drug-likeness (QED) is 0.450. The van der Waals surface area contributed by atoms with Gasteiger partial charge in [0.2, 0.25) is 5.91 Å². The van der Waals surface area contributed by atoms with Gasteiger partial charge in [-0.2, -0.15) is 0 Å². The SMILES string of the molecule is Cc1ccc(CN(C)C(=O)CSc2nc3ccccc3c(=O)n2C2CCCC2)o1. The number of fused-ring (bicyclic) bond motifs is 1. The van der Waals surface area contributed by atoms with Crippen molar-refractivity contribution in [1.29, 1.82) is 0 Å². The summed E-state index contributed by atoms with van der Waals surface area (Å²) in [5, 5.41) is 1.27. The second kappa shape index (κ2) is 8.45. The smallest absolute Gasteiger partial charge is 0.262 e. The standard InChI is InChI=1S/C22H25N3O3S/c1-15-11-12-17(28-15)13-24(2)20(26)14-29-22-23-19-10-6-5-9-18(19)21(27)25(22)16-7-3-4-8-16/h5-6,9-12,16H,3-4,7-8,13-14H2,1-2H3. The van der Waals surface area contributed by atoms with Crippen molar-refractivity contribution in [3.05, 3.63) is 58.3 Å². The van der Waals surface area contributed by atoms with Crippen LogP contribution in [0.5, 0.6) is 0 Å². The number of carbonyl (C=O) groups excluding carboxylic acids is 1. The molecule has 0 bridgehead atoms. The van der Waals surface area contributed by atoms with Crippen molar-refractivity contribution in [2.45, 2.75) is 50.4 Å². The molecule has 0 atom stereocenters. The molecule has 1 aromatic carbocycles. The number of hydrogen-bond donors (Lipinski definition) is 0. The number of benzene rings is 1. The number of aryl methyl sites for hydroxylation is 1. The van der Waals surface area contributed by atoms with Crippen LogP contribution in [0.3, 0.4) is 0 Å². The molecule has 7 heteroatoms. The predicted octanol–water partition coefficient (Wildman–Crippen LogP) is 4.16. The summed E-state index contributed by atoms with van der Waals surface area (Å²) in [6, 6.07) is 11.4. The van der Waals surface area contributed by atoms with Gasteiger partial charge in [0, 0.05) is 13.1 Å². The molecule has 1 saturated carbocycles. The van der Waals surface area contributed by atoms with Gasteiger partial charge >= 0.3 is 0 Å². The highest BCUT2D eigenvalue weighted by Gasteiger charge is 2.24. The van der Waals surface area contributed by atoms with Crippen LogP contribution < -0.4 is 5.56 Å². The van der Waals surface area contributed by atoms with Crippen LogP contribution in [0.1, 0.15) is 43.2 Å². The Labute approximate surface area is 173 Å². The van der Waals surface area contributed by atoms with Crippen LogP contribution in [0.4, 0.5) is 0 Å². The number of rotatable bonds is 6. The highest BCUT2D eigenvalue weighted by atomic mass is 32.2. The van der Waals surface area contributed by atoms with Crippen molar-refractivity contribution < 1.29 is 9.21 Å². The van der Waals surface area contributed by atoms with Gasteiger partial charge in [0.1, 0.15) is 11.5 Å². The molecule has 1 aliphatic rings. The molecule has 0 spiro atoms. The molecule has 0 radical (unpaired) electrons. The maximum atomic E-state index is 13.2. The van der Waals surface area contributed by atoms with Gasteiger partial charge in [-0.3, -0.25) is 14.2 Å². The number of furan rings is 1. The van der Waals surface area contributed by atoms with E-state index in [0.29, 0.717) is 22.6 Å². The molecule has 152 valence electrons. The van der Waals surface area contributed by atoms with Crippen molar-refractivity contribution in [2.24, 2.45) is 0 Å². The Hall–Kier alpha value is -2.54. The summed E-state index contributed by atoms with van der Waals surface area (Å²) in [6.45, 7) is 2.31. The van der Waals surface area contributed by atoms with Crippen LogP contribution in [0.2, 0.25) is 0 Å². The van der Waals surface area contributed by atoms with E-state index >= 15 is 0 Å². The summed E-state index contributed by atoms with van der Waals surface area (Å²) in [5.74, 6) is 1.80. The predicted molar refractivity (Wildman–Crippen MR) is 114 cm³/mol. The normalized spacial score (nSPS) is 14.6. The van der Waals surface area contributed by atoms with E-state index in [0.717, 1.165) is 37.2 Å². The second-order valence-corrected chi connectivity index (χ2v) is 8.52. The lowest BCUT2D eigenvalue weighted by Gasteiger charge is -2.20. The van der Waals surface area contributed by atoms with Crippen LogP contribution in [-0.2, 0) is 11.3 Å². The maximum Gasteiger partial charge on any atom is 0.262 e. The summed E-state index contributed by atoms with van der Waals surface area (Å²) in [5.41, 5.74) is 0.679. The number of carbonyl (C=O) groups is 1. The van der Waals surface area contributed by atoms with Crippen LogP contribution in [0.15, 0.2) is 50.8 Å². The minimum Gasteiger partial charge on any atom is -0.464 e. The molecule has 2 heterocycles. The van der Waals surface area contributed by atoms with Crippen LogP contribution in [0, 0.1) is 6.92 Å². The number of nitrogens with zero attached hydrogens (tertiary/aromatic N) is 3. The Bertz CT molecular complexity index is 1080. The number of amides is 1. The molecular formula is C22H25N3O3S. The lowest BCUT2D eigenvalue weighted by molar-refractivity contribution is -0.127. The minimum absolute atomic E-state index is 0.00290. The number of aromatic nitrogens is 2. The first-order chi connectivity index (χ1) is 14.0. The molecule has 3 aromatic rings. The molecule has 0 N–H and O–H groups in total. The number of hydrogen-bond acceptors (Lipinski definition) is 5. The van der Waals surface area contributed by atoms with Gasteiger partial charge in [0.05, 0.1) is 23.2 Å². The topological polar surface area (TPSA) is 68.3 Å². The van der Waals surface area contributed by atoms with Crippen molar-refractivity contribution in [3.63, 3.8) is 0 Å². The Morgan fingerprint density at radius 3 is 2.72 bits per heavy atom. The van der Waals surface area contributed by atoms with Gasteiger partial charge in [-0.25, -0.2) is 4.98 Å². The first-order valence-electron chi connectivity index (χ1n) is 9.96. The summed E-state index contributed by atoms with van der Waals surface area (Å²) < 4.78 is 7.38. The van der Waals surface area contributed by atoms with E-state index in [1.54, 1.807) is 11.9 Å². The number of thioether (sulfide) groups is 1. The molecule has 0 aliphatic heterocycles. The molecule has 0 unspecified atom stereocenters. The zero-order chi connectivity index (χ0) is 20.4. The van der Waals surface area contributed by atoms with Gasteiger partial charge < -0.3 is 9.32 Å². The van der Waals surface area contributed by atoms with E-state index in [9.17, 15) is 9.59 Å². The molecule has 6 nitrogen and oxygen atoms in total. The molecule has 1 aliphatic carbocycles. The van der Waals surface area contributed by atoms with E-state index in [1.807, 2.05) is 47.9 Å². The van der Waals surface area contributed by atoms with Crippen molar-refractivity contribution in [2.75, 3.05) is 12.8 Å². The molecule has 1 fully saturated rings. The first kappa shape index (κ1) is 19.8. The Kier molecular flexibility index (Phi) is 5.76. The third-order valence-corrected chi connectivity index (χ3v) is 6.34. The molecule has 0 saturated heterocycles. The van der Waals surface area contributed by atoms with Crippen molar-refractivity contribution in [3.8, 4) is 0 Å². The third-order valence-electron chi connectivity index (χ3n) is 5.40. The average molecular weight is 412 g/mol. The third kappa shape index (κ3) is 4.24. The van der Waals surface area contributed by atoms with Crippen LogP contribution in [0.25, 0.3) is 10.9 Å². The fourth-order valence-electron chi connectivity index (χ4n) is 3.84. The van der Waals surface area contributed by atoms with E-state index in [-0.39, 0.29) is 23.3 Å². The van der Waals surface area contributed by atoms with Gasteiger partial charge in [0.25, 0.3) is 5.56 Å².